The van der Waals surface area contributed by atoms with Gasteiger partial charge < -0.3 is 25.0 Å². The second-order valence-electron chi connectivity index (χ2n) is 16.6. The fraction of sp³-hybridized carbons (Fsp3) is 0.595. The number of fused-ring (bicyclic) bond motifs is 5. The molecule has 314 valence electrons. The molecule has 0 radical (unpaired) electrons. The van der Waals surface area contributed by atoms with Crippen LogP contribution in [0.4, 0.5) is 4.79 Å². The first kappa shape index (κ1) is 41.8. The normalized spacial score (nSPS) is 27.7. The van der Waals surface area contributed by atoms with Crippen molar-refractivity contribution in [1.29, 1.82) is 0 Å². The van der Waals surface area contributed by atoms with E-state index in [1.807, 2.05) is 6.08 Å². The highest BCUT2D eigenvalue weighted by atomic mass is 35.5. The summed E-state index contributed by atoms with van der Waals surface area (Å²) in [5, 5.41) is 6.47. The molecule has 1 unspecified atom stereocenters. The van der Waals surface area contributed by atoms with Crippen LogP contribution in [0.25, 0.3) is 10.8 Å². The molecule has 14 nitrogen and oxygen atoms in total. The minimum atomic E-state index is -3.93. The van der Waals surface area contributed by atoms with Crippen LogP contribution in [0.3, 0.4) is 0 Å². The number of alkyl carbamates (subject to hydrolysis) is 1. The van der Waals surface area contributed by atoms with Gasteiger partial charge in [-0.05, 0) is 93.2 Å². The summed E-state index contributed by atoms with van der Waals surface area (Å²) in [6, 6.07) is 3.24. The van der Waals surface area contributed by atoms with Gasteiger partial charge in [-0.15, -0.1) is 6.58 Å². The lowest BCUT2D eigenvalue weighted by molar-refractivity contribution is -0.142. The molecule has 7 atom stereocenters. The molecule has 1 aromatic carbocycles. The monoisotopic (exact) mass is 839 g/mol. The highest BCUT2D eigenvalue weighted by molar-refractivity contribution is 7.90. The molecule has 3 heterocycles. The Hall–Kier alpha value is -4.37. The van der Waals surface area contributed by atoms with Crippen LogP contribution < -0.4 is 25.7 Å². The zero-order valence-electron chi connectivity index (χ0n) is 32.9. The summed E-state index contributed by atoms with van der Waals surface area (Å²) in [5.41, 5.74) is -0.273. The van der Waals surface area contributed by atoms with Gasteiger partial charge in [0.05, 0.1) is 11.8 Å². The number of nitrogens with one attached hydrogen (secondary N) is 3. The predicted molar refractivity (Wildman–Crippen MR) is 219 cm³/mol. The number of halogens is 1. The first-order valence-electron chi connectivity index (χ1n) is 20.7. The lowest BCUT2D eigenvalue weighted by Crippen LogP contribution is -2.59. The van der Waals surface area contributed by atoms with Gasteiger partial charge in [0.25, 0.3) is 11.5 Å². The zero-order chi connectivity index (χ0) is 41.1. The Morgan fingerprint density at radius 1 is 0.983 bits per heavy atom. The van der Waals surface area contributed by atoms with Crippen LogP contribution in [0.1, 0.15) is 90.4 Å². The molecule has 16 heteroatoms. The van der Waals surface area contributed by atoms with E-state index in [2.05, 4.69) is 28.0 Å². The molecule has 3 aliphatic carbocycles. The van der Waals surface area contributed by atoms with E-state index in [1.165, 1.54) is 11.0 Å². The molecule has 4 fully saturated rings. The number of hydrogen-bond acceptors (Lipinski definition) is 9. The molecule has 2 aliphatic heterocycles. The highest BCUT2D eigenvalue weighted by Gasteiger charge is 2.47. The second kappa shape index (κ2) is 17.9. The van der Waals surface area contributed by atoms with Crippen molar-refractivity contribution in [2.45, 2.75) is 133 Å². The number of ether oxygens (including phenoxy) is 2. The fourth-order valence-corrected chi connectivity index (χ4v) is 10.5. The quantitative estimate of drug-likeness (QED) is 0.304. The number of nitrogens with zero attached hydrogens (tertiary/aromatic N) is 2. The van der Waals surface area contributed by atoms with Crippen LogP contribution in [0, 0.1) is 17.8 Å². The average molecular weight is 840 g/mol. The van der Waals surface area contributed by atoms with Gasteiger partial charge in [-0.3, -0.25) is 28.5 Å². The van der Waals surface area contributed by atoms with E-state index in [1.54, 1.807) is 35.8 Å². The Morgan fingerprint density at radius 2 is 1.74 bits per heavy atom. The molecule has 2 aromatic rings. The number of aromatic nitrogens is 1. The van der Waals surface area contributed by atoms with Crippen molar-refractivity contribution in [2.75, 3.05) is 6.54 Å². The molecule has 7 rings (SSSR count). The van der Waals surface area contributed by atoms with Crippen LogP contribution >= 0.6 is 11.6 Å². The number of rotatable bonds is 8. The van der Waals surface area contributed by atoms with Gasteiger partial charge in [0.1, 0.15) is 30.3 Å². The SMILES string of the molecule is C=C[C@H](C)C(NC(=O)[C@@H]1C[C@@H]2CN1C(=O)[C@H](C1CCCCC1)NC(=O)O[C@@H]1CCC[C@H]1C/C=C/CCn1c(cc3cc(Cl)ccc3c1=O)O2)C(=O)NS(=O)(=O)C1CC1. The smallest absolute Gasteiger partial charge is 0.408 e. The van der Waals surface area contributed by atoms with E-state index >= 15 is 0 Å². The van der Waals surface area contributed by atoms with Crippen molar-refractivity contribution in [2.24, 2.45) is 17.8 Å². The summed E-state index contributed by atoms with van der Waals surface area (Å²) in [6.07, 6.45) is 12.4. The van der Waals surface area contributed by atoms with E-state index in [0.717, 1.165) is 32.1 Å². The van der Waals surface area contributed by atoms with Crippen LogP contribution in [0.2, 0.25) is 5.02 Å². The lowest BCUT2D eigenvalue weighted by atomic mass is 9.83. The zero-order valence-corrected chi connectivity index (χ0v) is 34.5. The number of hydrogen-bond donors (Lipinski definition) is 3. The van der Waals surface area contributed by atoms with Crippen molar-refractivity contribution in [3.8, 4) is 5.88 Å². The first-order valence-corrected chi connectivity index (χ1v) is 22.7. The molecule has 5 aliphatic rings. The molecule has 58 heavy (non-hydrogen) atoms. The van der Waals surface area contributed by atoms with Crippen molar-refractivity contribution < 1.29 is 37.1 Å². The molecule has 1 aromatic heterocycles. The largest absolute Gasteiger partial charge is 0.473 e. The molecule has 2 bridgehead atoms. The van der Waals surface area contributed by atoms with Crippen LogP contribution in [-0.4, -0.2) is 83.8 Å². The Kier molecular flexibility index (Phi) is 12.9. The average Bonchev–Trinajstić information content (AvgIpc) is 3.86. The minimum absolute atomic E-state index is 0.0258. The van der Waals surface area contributed by atoms with Crippen LogP contribution in [-0.2, 0) is 35.7 Å². The van der Waals surface area contributed by atoms with Crippen molar-refractivity contribution in [1.82, 2.24) is 24.8 Å². The molecule has 4 amide bonds. The number of sulfonamides is 1. The maximum Gasteiger partial charge on any atom is 0.408 e. The topological polar surface area (TPSA) is 182 Å². The maximum absolute atomic E-state index is 14.9. The van der Waals surface area contributed by atoms with Gasteiger partial charge >= 0.3 is 6.09 Å². The summed E-state index contributed by atoms with van der Waals surface area (Å²) < 4.78 is 41.8. The third-order valence-corrected chi connectivity index (χ3v) is 14.6. The maximum atomic E-state index is 14.9. The van der Waals surface area contributed by atoms with Crippen molar-refractivity contribution in [3.63, 3.8) is 0 Å². The van der Waals surface area contributed by atoms with Crippen molar-refractivity contribution >= 4 is 56.2 Å². The Bertz CT molecular complexity index is 2110. The summed E-state index contributed by atoms with van der Waals surface area (Å²) in [7, 11) is -3.93. The van der Waals surface area contributed by atoms with E-state index in [9.17, 15) is 32.4 Å². The molecule has 3 N–H and O–H groups in total. The van der Waals surface area contributed by atoms with E-state index < -0.39 is 69.2 Å². The summed E-state index contributed by atoms with van der Waals surface area (Å²) in [6.45, 7) is 5.61. The minimum Gasteiger partial charge on any atom is -0.473 e. The Balaban J connectivity index is 1.25. The van der Waals surface area contributed by atoms with Crippen molar-refractivity contribution in [3.05, 3.63) is 64.4 Å². The molecule has 1 saturated heterocycles. The third-order valence-electron chi connectivity index (χ3n) is 12.5. The summed E-state index contributed by atoms with van der Waals surface area (Å²) >= 11 is 6.34. The third kappa shape index (κ3) is 9.40. The number of pyridine rings is 1. The molecule has 3 saturated carbocycles. The van der Waals surface area contributed by atoms with E-state index in [4.69, 9.17) is 21.1 Å². The molecular formula is C42H54ClN5O9S. The number of carbonyl (C=O) groups is 4. The highest BCUT2D eigenvalue weighted by Crippen LogP contribution is 2.34. The van der Waals surface area contributed by atoms with Crippen LogP contribution in [0.5, 0.6) is 5.88 Å². The van der Waals surface area contributed by atoms with Gasteiger partial charge in [0, 0.05) is 35.4 Å². The van der Waals surface area contributed by atoms with E-state index in [0.29, 0.717) is 67.3 Å². The van der Waals surface area contributed by atoms with Gasteiger partial charge in [0.15, 0.2) is 5.88 Å². The standard InChI is InChI=1S/C42H54ClN5O9S/c1-3-25(2)36(39(50)46-58(54,55)31-17-18-31)44-38(49)33-23-30-24-48(33)41(52)37(27-12-6-4-7-13-27)45-42(53)57-34-15-10-14-26(34)11-8-5-9-20-47-35(56-30)22-28-21-29(43)16-19-32(28)40(47)51/h3,5,8,16,19,21-22,25-27,30-31,33-34,36-37H,1,4,6-7,9-15,17-18,20,23-24H2,2H3,(H,44,49)(H,45,53)(H,46,50)/b8-5+/t25-,26+,30+,33-,34+,36?,37-/m0/s1. The number of allylic oxidation sites excluding steroid dienone is 2. The van der Waals surface area contributed by atoms with Gasteiger partial charge in [-0.2, -0.15) is 0 Å². The van der Waals surface area contributed by atoms with Gasteiger partial charge in [-0.25, -0.2) is 13.2 Å². The predicted octanol–water partition coefficient (Wildman–Crippen LogP) is 5.11. The number of amides is 4. The van der Waals surface area contributed by atoms with Gasteiger partial charge in [-0.1, -0.05) is 56.0 Å². The lowest BCUT2D eigenvalue weighted by Gasteiger charge is -2.35. The van der Waals surface area contributed by atoms with E-state index in [-0.39, 0.29) is 42.3 Å². The summed E-state index contributed by atoms with van der Waals surface area (Å²) in [4.78, 5) is 71.9. The van der Waals surface area contributed by atoms with Gasteiger partial charge in [0.2, 0.25) is 21.8 Å². The molecule has 0 spiro atoms. The molecular weight excluding hydrogens is 786 g/mol. The Labute approximate surface area is 344 Å². The van der Waals surface area contributed by atoms with Crippen LogP contribution in [0.15, 0.2) is 53.9 Å². The second-order valence-corrected chi connectivity index (χ2v) is 19.0. The number of benzene rings is 1. The summed E-state index contributed by atoms with van der Waals surface area (Å²) in [5.74, 6) is -2.64. The fourth-order valence-electron chi connectivity index (χ4n) is 8.99. The number of carbonyl (C=O) groups excluding carboxylic acids is 4. The first-order chi connectivity index (χ1) is 27.8. The Morgan fingerprint density at radius 3 is 2.48 bits per heavy atom.